The van der Waals surface area contributed by atoms with Crippen LogP contribution in [0.3, 0.4) is 0 Å². The molecular formula is C13H13N3. The molecule has 3 rings (SSSR count). The number of nitrogens with two attached hydrogens (primary N) is 1. The number of benzene rings is 1. The largest absolute Gasteiger partial charge is 0.384 e. The number of rotatable bonds is 2. The van der Waals surface area contributed by atoms with Gasteiger partial charge in [0.1, 0.15) is 11.6 Å². The van der Waals surface area contributed by atoms with Crippen LogP contribution < -0.4 is 5.73 Å². The Labute approximate surface area is 94.4 Å². The lowest BCUT2D eigenvalue weighted by atomic mass is 9.95. The summed E-state index contributed by atoms with van der Waals surface area (Å²) in [5, 5.41) is 0. The quantitative estimate of drug-likeness (QED) is 0.828. The summed E-state index contributed by atoms with van der Waals surface area (Å²) < 4.78 is 0. The minimum absolute atomic E-state index is 0.0244. The number of hydrogen-bond donors (Lipinski definition) is 1. The molecule has 16 heavy (non-hydrogen) atoms. The van der Waals surface area contributed by atoms with Crippen molar-refractivity contribution in [2.75, 3.05) is 5.73 Å². The molecule has 1 aliphatic carbocycles. The normalized spacial score (nSPS) is 17.0. The van der Waals surface area contributed by atoms with Gasteiger partial charge in [-0.2, -0.15) is 0 Å². The molecule has 0 aliphatic heterocycles. The van der Waals surface area contributed by atoms with Gasteiger partial charge in [0.05, 0.1) is 5.41 Å². The van der Waals surface area contributed by atoms with Crippen LogP contribution in [0.25, 0.3) is 0 Å². The molecule has 0 spiro atoms. The molecule has 0 saturated heterocycles. The highest BCUT2D eigenvalue weighted by molar-refractivity contribution is 5.41. The molecule has 1 aliphatic rings. The van der Waals surface area contributed by atoms with Crippen molar-refractivity contribution in [3.8, 4) is 0 Å². The van der Waals surface area contributed by atoms with Crippen LogP contribution in [0.1, 0.15) is 24.2 Å². The number of nitrogens with zero attached hydrogens (tertiary/aromatic N) is 2. The summed E-state index contributed by atoms with van der Waals surface area (Å²) in [6.07, 6.45) is 3.96. The fourth-order valence-corrected chi connectivity index (χ4v) is 2.13. The van der Waals surface area contributed by atoms with E-state index in [4.69, 9.17) is 5.73 Å². The van der Waals surface area contributed by atoms with E-state index in [1.165, 1.54) is 5.56 Å². The minimum atomic E-state index is 0.0244. The smallest absolute Gasteiger partial charge is 0.141 e. The second-order valence-electron chi connectivity index (χ2n) is 4.25. The van der Waals surface area contributed by atoms with Gasteiger partial charge in [0, 0.05) is 6.20 Å². The topological polar surface area (TPSA) is 51.8 Å². The number of aromatic nitrogens is 2. The molecule has 3 nitrogen and oxygen atoms in total. The van der Waals surface area contributed by atoms with Gasteiger partial charge in [0.2, 0.25) is 0 Å². The van der Waals surface area contributed by atoms with Gasteiger partial charge >= 0.3 is 0 Å². The van der Waals surface area contributed by atoms with Gasteiger partial charge in [-0.15, -0.1) is 0 Å². The average Bonchev–Trinajstić information content (AvgIpc) is 3.11. The zero-order chi connectivity index (χ0) is 11.0. The molecule has 0 amide bonds. The lowest BCUT2D eigenvalue weighted by molar-refractivity contribution is 0.757. The highest BCUT2D eigenvalue weighted by Crippen LogP contribution is 2.51. The Morgan fingerprint density at radius 2 is 1.81 bits per heavy atom. The Bertz CT molecular complexity index is 504. The van der Waals surface area contributed by atoms with Crippen LogP contribution in [-0.2, 0) is 5.41 Å². The van der Waals surface area contributed by atoms with Gasteiger partial charge in [-0.05, 0) is 24.5 Å². The van der Waals surface area contributed by atoms with Crippen LogP contribution in [0.5, 0.6) is 0 Å². The summed E-state index contributed by atoms with van der Waals surface area (Å²) in [6, 6.07) is 12.1. The van der Waals surface area contributed by atoms with Crippen molar-refractivity contribution in [2.45, 2.75) is 18.3 Å². The molecule has 0 atom stereocenters. The molecule has 1 aromatic heterocycles. The third-order valence-corrected chi connectivity index (χ3v) is 3.18. The van der Waals surface area contributed by atoms with Crippen molar-refractivity contribution in [3.05, 3.63) is 54.0 Å². The molecule has 2 N–H and O–H groups in total. The van der Waals surface area contributed by atoms with Crippen LogP contribution in [0, 0.1) is 0 Å². The van der Waals surface area contributed by atoms with Crippen molar-refractivity contribution in [1.82, 2.24) is 9.97 Å². The van der Waals surface area contributed by atoms with Crippen LogP contribution in [-0.4, -0.2) is 9.97 Å². The van der Waals surface area contributed by atoms with Crippen LogP contribution in [0.15, 0.2) is 42.6 Å². The average molecular weight is 211 g/mol. The standard InChI is InChI=1S/C13H13N3/c14-11-6-9-15-12(16-11)13(7-8-13)10-4-2-1-3-5-10/h1-6,9H,7-8H2,(H2,14,15,16). The van der Waals surface area contributed by atoms with Crippen LogP contribution in [0.4, 0.5) is 5.82 Å². The fourth-order valence-electron chi connectivity index (χ4n) is 2.13. The number of anilines is 1. The third-order valence-electron chi connectivity index (χ3n) is 3.18. The summed E-state index contributed by atoms with van der Waals surface area (Å²) in [6.45, 7) is 0. The summed E-state index contributed by atoms with van der Waals surface area (Å²) in [5.74, 6) is 1.41. The predicted octanol–water partition coefficient (Wildman–Crippen LogP) is 2.14. The van der Waals surface area contributed by atoms with E-state index in [1.54, 1.807) is 12.3 Å². The second-order valence-corrected chi connectivity index (χ2v) is 4.25. The lowest BCUT2D eigenvalue weighted by Gasteiger charge is -2.13. The number of nitrogen functional groups attached to an aromatic ring is 1. The van der Waals surface area contributed by atoms with Gasteiger partial charge in [-0.25, -0.2) is 9.97 Å². The fraction of sp³-hybridized carbons (Fsp3) is 0.231. The van der Waals surface area contributed by atoms with E-state index >= 15 is 0 Å². The molecule has 2 aromatic rings. The Morgan fingerprint density at radius 3 is 2.44 bits per heavy atom. The number of hydrogen-bond acceptors (Lipinski definition) is 3. The molecular weight excluding hydrogens is 198 g/mol. The van der Waals surface area contributed by atoms with Crippen molar-refractivity contribution < 1.29 is 0 Å². The molecule has 0 unspecified atom stereocenters. The van der Waals surface area contributed by atoms with E-state index in [0.29, 0.717) is 5.82 Å². The van der Waals surface area contributed by atoms with Crippen LogP contribution in [0.2, 0.25) is 0 Å². The van der Waals surface area contributed by atoms with Gasteiger partial charge in [-0.1, -0.05) is 30.3 Å². The maximum absolute atomic E-state index is 5.71. The van der Waals surface area contributed by atoms with Crippen LogP contribution >= 0.6 is 0 Å². The first kappa shape index (κ1) is 9.33. The Morgan fingerprint density at radius 1 is 1.06 bits per heavy atom. The van der Waals surface area contributed by atoms with Gasteiger partial charge in [0.15, 0.2) is 0 Å². The second kappa shape index (κ2) is 3.30. The van der Waals surface area contributed by atoms with Crippen molar-refractivity contribution in [3.63, 3.8) is 0 Å². The molecule has 1 aromatic carbocycles. The molecule has 1 saturated carbocycles. The van der Waals surface area contributed by atoms with Crippen molar-refractivity contribution >= 4 is 5.82 Å². The van der Waals surface area contributed by atoms with E-state index in [2.05, 4.69) is 34.2 Å². The molecule has 80 valence electrons. The van der Waals surface area contributed by atoms with E-state index in [0.717, 1.165) is 18.7 Å². The zero-order valence-corrected chi connectivity index (χ0v) is 8.93. The van der Waals surface area contributed by atoms with E-state index in [9.17, 15) is 0 Å². The summed E-state index contributed by atoms with van der Waals surface area (Å²) in [7, 11) is 0. The Balaban J connectivity index is 2.07. The predicted molar refractivity (Wildman–Crippen MR) is 62.9 cm³/mol. The highest BCUT2D eigenvalue weighted by Gasteiger charge is 2.48. The maximum atomic E-state index is 5.71. The Kier molecular flexibility index (Phi) is 1.93. The first-order valence-electron chi connectivity index (χ1n) is 5.46. The lowest BCUT2D eigenvalue weighted by Crippen LogP contribution is -2.13. The Hall–Kier alpha value is -1.90. The summed E-state index contributed by atoms with van der Waals surface area (Å²) in [5.41, 5.74) is 7.03. The van der Waals surface area contributed by atoms with Crippen molar-refractivity contribution in [1.29, 1.82) is 0 Å². The summed E-state index contributed by atoms with van der Waals surface area (Å²) >= 11 is 0. The van der Waals surface area contributed by atoms with Crippen molar-refractivity contribution in [2.24, 2.45) is 0 Å². The third kappa shape index (κ3) is 1.36. The van der Waals surface area contributed by atoms with E-state index in [-0.39, 0.29) is 5.41 Å². The van der Waals surface area contributed by atoms with E-state index < -0.39 is 0 Å². The SMILES string of the molecule is Nc1ccnc(C2(c3ccccc3)CC2)n1. The van der Waals surface area contributed by atoms with Gasteiger partial charge < -0.3 is 5.73 Å². The highest BCUT2D eigenvalue weighted by atomic mass is 15.0. The molecule has 0 radical (unpaired) electrons. The van der Waals surface area contributed by atoms with Gasteiger partial charge in [-0.3, -0.25) is 0 Å². The molecule has 1 fully saturated rings. The monoisotopic (exact) mass is 211 g/mol. The summed E-state index contributed by atoms with van der Waals surface area (Å²) in [4.78, 5) is 8.71. The maximum Gasteiger partial charge on any atom is 0.141 e. The molecule has 3 heteroatoms. The first-order valence-corrected chi connectivity index (χ1v) is 5.46. The minimum Gasteiger partial charge on any atom is -0.384 e. The molecule has 1 heterocycles. The van der Waals surface area contributed by atoms with E-state index in [1.807, 2.05) is 6.07 Å². The van der Waals surface area contributed by atoms with Gasteiger partial charge in [0.25, 0.3) is 0 Å². The first-order chi connectivity index (χ1) is 7.81. The molecule has 0 bridgehead atoms. The zero-order valence-electron chi connectivity index (χ0n) is 8.93.